The number of carboxylic acid groups (broad SMARTS) is 1. The van der Waals surface area contributed by atoms with Crippen molar-refractivity contribution in [2.45, 2.75) is 71.1 Å². The van der Waals surface area contributed by atoms with Crippen molar-refractivity contribution in [3.05, 3.63) is 29.8 Å². The van der Waals surface area contributed by atoms with Crippen LogP contribution in [-0.2, 0) is 25.6 Å². The Morgan fingerprint density at radius 2 is 1.37 bits per heavy atom. The Labute approximate surface area is 222 Å². The number of rotatable bonds is 15. The topological polar surface area (TPSA) is 235 Å². The van der Waals surface area contributed by atoms with E-state index < -0.39 is 47.9 Å². The number of hydrogen-bond donors (Lipinski definition) is 8. The van der Waals surface area contributed by atoms with E-state index in [0.29, 0.717) is 6.42 Å². The van der Waals surface area contributed by atoms with E-state index in [2.05, 4.69) is 20.9 Å². The lowest BCUT2D eigenvalue weighted by Gasteiger charge is -2.28. The normalized spacial score (nSPS) is 14.2. The van der Waals surface area contributed by atoms with Crippen LogP contribution in [0.2, 0.25) is 0 Å². The van der Waals surface area contributed by atoms with E-state index in [0.717, 1.165) is 5.56 Å². The first-order valence-corrected chi connectivity index (χ1v) is 12.5. The molecule has 11 N–H and O–H groups in total. The fourth-order valence-corrected chi connectivity index (χ4v) is 3.57. The van der Waals surface area contributed by atoms with Crippen molar-refractivity contribution in [1.82, 2.24) is 16.0 Å². The lowest BCUT2D eigenvalue weighted by molar-refractivity contribution is -0.142. The van der Waals surface area contributed by atoms with Gasteiger partial charge in [-0.3, -0.25) is 19.4 Å². The Morgan fingerprint density at radius 1 is 0.868 bits per heavy atom. The summed E-state index contributed by atoms with van der Waals surface area (Å²) in [6.07, 6.45) is 0.593. The average molecular weight is 536 g/mol. The standard InChI is InChI=1S/C25H41N7O6/c1-13(2)19(22(35)30-18(24(37)38)6-5-11-29-25(27)28)32-23(36)20(14(3)4)31-21(34)17(26)12-15-7-9-16(33)10-8-15/h7-10,13-14,17-20,33H,5-6,11-12,26H2,1-4H3,(H,30,35)(H,31,34)(H,32,36)(H,37,38)(H4,27,28,29). The van der Waals surface area contributed by atoms with E-state index in [-0.39, 0.29) is 42.9 Å². The lowest BCUT2D eigenvalue weighted by Crippen LogP contribution is -2.59. The molecule has 0 aliphatic carbocycles. The highest BCUT2D eigenvalue weighted by atomic mass is 16.4. The Bertz CT molecular complexity index is 977. The van der Waals surface area contributed by atoms with E-state index in [1.807, 2.05) is 0 Å². The van der Waals surface area contributed by atoms with Crippen molar-refractivity contribution in [2.75, 3.05) is 6.54 Å². The summed E-state index contributed by atoms with van der Waals surface area (Å²) in [5.74, 6) is -3.78. The van der Waals surface area contributed by atoms with Gasteiger partial charge in [0.25, 0.3) is 0 Å². The molecule has 38 heavy (non-hydrogen) atoms. The zero-order valence-electron chi connectivity index (χ0n) is 22.3. The van der Waals surface area contributed by atoms with Crippen molar-refractivity contribution in [3.8, 4) is 5.75 Å². The molecule has 1 aromatic carbocycles. The lowest BCUT2D eigenvalue weighted by atomic mass is 9.98. The zero-order chi connectivity index (χ0) is 29.0. The Kier molecular flexibility index (Phi) is 13.0. The predicted molar refractivity (Wildman–Crippen MR) is 143 cm³/mol. The number of aliphatic imine (C=N–C) groups is 1. The number of aromatic hydroxyl groups is 1. The molecule has 13 nitrogen and oxygen atoms in total. The molecule has 0 bridgehead atoms. The van der Waals surface area contributed by atoms with Gasteiger partial charge < -0.3 is 43.4 Å². The van der Waals surface area contributed by atoms with Gasteiger partial charge in [-0.25, -0.2) is 4.79 Å². The van der Waals surface area contributed by atoms with Crippen LogP contribution in [0.3, 0.4) is 0 Å². The number of nitrogens with zero attached hydrogens (tertiary/aromatic N) is 1. The van der Waals surface area contributed by atoms with Crippen LogP contribution in [0, 0.1) is 11.8 Å². The van der Waals surface area contributed by atoms with E-state index in [9.17, 15) is 29.4 Å². The SMILES string of the molecule is CC(C)C(NC(=O)C(N)Cc1ccc(O)cc1)C(=O)NC(C(=O)NC(CCCN=C(N)N)C(=O)O)C(C)C. The fourth-order valence-electron chi connectivity index (χ4n) is 3.57. The molecule has 0 radical (unpaired) electrons. The van der Waals surface area contributed by atoms with Gasteiger partial charge in [-0.15, -0.1) is 0 Å². The molecule has 1 rings (SSSR count). The maximum Gasteiger partial charge on any atom is 0.326 e. The number of amides is 3. The third kappa shape index (κ3) is 11.0. The van der Waals surface area contributed by atoms with Gasteiger partial charge in [-0.05, 0) is 48.8 Å². The van der Waals surface area contributed by atoms with Gasteiger partial charge in [0, 0.05) is 6.54 Å². The number of carboxylic acids is 1. The summed E-state index contributed by atoms with van der Waals surface area (Å²) in [6.45, 7) is 7.08. The maximum absolute atomic E-state index is 13.1. The summed E-state index contributed by atoms with van der Waals surface area (Å²) in [5, 5.41) is 26.7. The van der Waals surface area contributed by atoms with Gasteiger partial charge in [0.15, 0.2) is 5.96 Å². The second kappa shape index (κ2) is 15.4. The van der Waals surface area contributed by atoms with Gasteiger partial charge in [0.2, 0.25) is 17.7 Å². The third-order valence-electron chi connectivity index (χ3n) is 5.78. The van der Waals surface area contributed by atoms with Gasteiger partial charge in [-0.1, -0.05) is 39.8 Å². The molecule has 0 spiro atoms. The quantitative estimate of drug-likeness (QED) is 0.0793. The largest absolute Gasteiger partial charge is 0.508 e. The molecular formula is C25H41N7O6. The van der Waals surface area contributed by atoms with Crippen molar-refractivity contribution in [3.63, 3.8) is 0 Å². The Balaban J connectivity index is 2.85. The minimum atomic E-state index is -1.23. The van der Waals surface area contributed by atoms with E-state index >= 15 is 0 Å². The van der Waals surface area contributed by atoms with Gasteiger partial charge in [0.1, 0.15) is 23.9 Å². The number of nitrogens with two attached hydrogens (primary N) is 3. The highest BCUT2D eigenvalue weighted by Crippen LogP contribution is 2.12. The molecule has 4 unspecified atom stereocenters. The van der Waals surface area contributed by atoms with Crippen LogP contribution in [0.15, 0.2) is 29.3 Å². The second-order valence-electron chi connectivity index (χ2n) is 9.79. The number of carbonyl (C=O) groups is 4. The van der Waals surface area contributed by atoms with Gasteiger partial charge in [0.05, 0.1) is 6.04 Å². The number of aliphatic carboxylic acids is 1. The number of nitrogens with one attached hydrogen (secondary N) is 3. The van der Waals surface area contributed by atoms with Crippen LogP contribution in [0.25, 0.3) is 0 Å². The molecule has 1 aromatic rings. The van der Waals surface area contributed by atoms with Gasteiger partial charge >= 0.3 is 5.97 Å². The minimum Gasteiger partial charge on any atom is -0.508 e. The van der Waals surface area contributed by atoms with E-state index in [4.69, 9.17) is 17.2 Å². The fraction of sp³-hybridized carbons (Fsp3) is 0.560. The highest BCUT2D eigenvalue weighted by Gasteiger charge is 2.33. The first-order valence-electron chi connectivity index (χ1n) is 12.5. The predicted octanol–water partition coefficient (Wildman–Crippen LogP) is -0.833. The molecule has 0 aliphatic rings. The van der Waals surface area contributed by atoms with E-state index in [1.54, 1.807) is 39.8 Å². The number of guanidine groups is 1. The van der Waals surface area contributed by atoms with Crippen LogP contribution in [0.1, 0.15) is 46.1 Å². The van der Waals surface area contributed by atoms with Crippen LogP contribution < -0.4 is 33.2 Å². The van der Waals surface area contributed by atoms with Crippen molar-refractivity contribution < 1.29 is 29.4 Å². The summed E-state index contributed by atoms with van der Waals surface area (Å²) >= 11 is 0. The molecule has 4 atom stereocenters. The zero-order valence-corrected chi connectivity index (χ0v) is 22.3. The van der Waals surface area contributed by atoms with Crippen molar-refractivity contribution in [1.29, 1.82) is 0 Å². The molecule has 13 heteroatoms. The van der Waals surface area contributed by atoms with Gasteiger partial charge in [-0.2, -0.15) is 0 Å². The smallest absolute Gasteiger partial charge is 0.326 e. The summed E-state index contributed by atoms with van der Waals surface area (Å²) < 4.78 is 0. The summed E-state index contributed by atoms with van der Waals surface area (Å²) in [7, 11) is 0. The average Bonchev–Trinajstić information content (AvgIpc) is 2.82. The first-order chi connectivity index (χ1) is 17.7. The molecule has 0 saturated carbocycles. The highest BCUT2D eigenvalue weighted by molar-refractivity contribution is 5.94. The van der Waals surface area contributed by atoms with E-state index in [1.165, 1.54) is 12.1 Å². The van der Waals surface area contributed by atoms with Crippen LogP contribution in [-0.4, -0.2) is 70.6 Å². The second-order valence-corrected chi connectivity index (χ2v) is 9.79. The number of phenols is 1. The molecular weight excluding hydrogens is 494 g/mol. The number of benzene rings is 1. The molecule has 0 heterocycles. The van der Waals surface area contributed by atoms with Crippen LogP contribution >= 0.6 is 0 Å². The summed E-state index contributed by atoms with van der Waals surface area (Å²) in [6, 6.07) is 2.07. The Hall–Kier alpha value is -3.87. The molecule has 0 fully saturated rings. The molecule has 0 saturated heterocycles. The van der Waals surface area contributed by atoms with Crippen molar-refractivity contribution in [2.24, 2.45) is 34.0 Å². The monoisotopic (exact) mass is 535 g/mol. The number of hydrogen-bond acceptors (Lipinski definition) is 7. The van der Waals surface area contributed by atoms with Crippen molar-refractivity contribution >= 4 is 29.7 Å². The Morgan fingerprint density at radius 3 is 1.84 bits per heavy atom. The number of phenolic OH excluding ortho intramolecular Hbond substituents is 1. The minimum absolute atomic E-state index is 0.0835. The molecule has 0 aromatic heterocycles. The third-order valence-corrected chi connectivity index (χ3v) is 5.78. The first kappa shape index (κ1) is 32.2. The number of carbonyl (C=O) groups excluding carboxylic acids is 3. The summed E-state index contributed by atoms with van der Waals surface area (Å²) in [5.41, 5.74) is 17.3. The summed E-state index contributed by atoms with van der Waals surface area (Å²) in [4.78, 5) is 54.2. The molecule has 0 aliphatic heterocycles. The van der Waals surface area contributed by atoms with Crippen LogP contribution in [0.4, 0.5) is 0 Å². The maximum atomic E-state index is 13.1. The molecule has 3 amide bonds. The molecule has 212 valence electrons. The van der Waals surface area contributed by atoms with Crippen LogP contribution in [0.5, 0.6) is 5.75 Å².